The summed E-state index contributed by atoms with van der Waals surface area (Å²) in [6, 6.07) is 12.1. The van der Waals surface area contributed by atoms with E-state index in [9.17, 15) is 0 Å². The number of nitrogens with zero attached hydrogens (tertiary/aromatic N) is 2. The summed E-state index contributed by atoms with van der Waals surface area (Å²) in [5, 5.41) is 9.43. The van der Waals surface area contributed by atoms with Crippen LogP contribution < -0.4 is 4.90 Å². The summed E-state index contributed by atoms with van der Waals surface area (Å²) in [6.07, 6.45) is 2.42. The number of hydrogen-bond acceptors (Lipinski definition) is 3. The first-order chi connectivity index (χ1) is 9.24. The van der Waals surface area contributed by atoms with E-state index in [0.29, 0.717) is 11.6 Å². The highest BCUT2D eigenvalue weighted by Gasteiger charge is 2.13. The van der Waals surface area contributed by atoms with Crippen LogP contribution in [0.1, 0.15) is 6.42 Å². The Kier molecular flexibility index (Phi) is 4.77. The van der Waals surface area contributed by atoms with Crippen molar-refractivity contribution in [3.05, 3.63) is 47.7 Å². The zero-order valence-electron chi connectivity index (χ0n) is 10.9. The normalized spacial score (nSPS) is 10.5. The first-order valence-corrected chi connectivity index (χ1v) is 6.63. The lowest BCUT2D eigenvalue weighted by Crippen LogP contribution is -2.20. The van der Waals surface area contributed by atoms with Crippen molar-refractivity contribution in [3.63, 3.8) is 0 Å². The van der Waals surface area contributed by atoms with Crippen molar-refractivity contribution in [1.82, 2.24) is 4.98 Å². The summed E-state index contributed by atoms with van der Waals surface area (Å²) >= 11 is 6.24. The molecule has 2 rings (SSSR count). The molecule has 0 aliphatic carbocycles. The smallest absolute Gasteiger partial charge is 0.152 e. The zero-order chi connectivity index (χ0) is 13.7. The van der Waals surface area contributed by atoms with Crippen LogP contribution in [0.3, 0.4) is 0 Å². The van der Waals surface area contributed by atoms with Crippen LogP contribution in [0.25, 0.3) is 11.1 Å². The van der Waals surface area contributed by atoms with Gasteiger partial charge in [0.15, 0.2) is 5.15 Å². The van der Waals surface area contributed by atoms with E-state index in [1.165, 1.54) is 0 Å². The number of pyridine rings is 1. The van der Waals surface area contributed by atoms with Crippen LogP contribution in [0.2, 0.25) is 5.15 Å². The lowest BCUT2D eigenvalue weighted by molar-refractivity contribution is 0.290. The van der Waals surface area contributed by atoms with Gasteiger partial charge in [-0.3, -0.25) is 0 Å². The molecule has 1 N–H and O–H groups in total. The Labute approximate surface area is 118 Å². The van der Waals surface area contributed by atoms with Crippen LogP contribution in [0, 0.1) is 0 Å². The maximum Gasteiger partial charge on any atom is 0.152 e. The van der Waals surface area contributed by atoms with Crippen LogP contribution in [0.15, 0.2) is 42.6 Å². The molecule has 4 heteroatoms. The Morgan fingerprint density at radius 3 is 2.63 bits per heavy atom. The maximum absolute atomic E-state index is 8.94. The number of aliphatic hydroxyl groups is 1. The average Bonchev–Trinajstić information content (AvgIpc) is 2.45. The molecule has 0 saturated heterocycles. The number of aliphatic hydroxyl groups excluding tert-OH is 1. The van der Waals surface area contributed by atoms with Gasteiger partial charge in [0.2, 0.25) is 0 Å². The van der Waals surface area contributed by atoms with Gasteiger partial charge in [-0.1, -0.05) is 41.9 Å². The molecule has 2 aromatic rings. The van der Waals surface area contributed by atoms with E-state index in [4.69, 9.17) is 16.7 Å². The summed E-state index contributed by atoms with van der Waals surface area (Å²) in [5.74, 6) is 0. The third-order valence-corrected chi connectivity index (χ3v) is 3.27. The lowest BCUT2D eigenvalue weighted by atomic mass is 10.0. The molecular formula is C15H17ClN2O. The minimum atomic E-state index is 0.170. The molecule has 0 saturated carbocycles. The largest absolute Gasteiger partial charge is 0.396 e. The van der Waals surface area contributed by atoms with E-state index in [-0.39, 0.29) is 6.61 Å². The SMILES string of the molecule is CN(CCCO)c1c(-c2ccccc2)ccnc1Cl. The van der Waals surface area contributed by atoms with Crippen molar-refractivity contribution in [2.24, 2.45) is 0 Å². The standard InChI is InChI=1S/C15H17ClN2O/c1-18(10-5-11-19)14-13(8-9-17-15(14)16)12-6-3-2-4-7-12/h2-4,6-9,19H,5,10-11H2,1H3. The Morgan fingerprint density at radius 1 is 1.21 bits per heavy atom. The van der Waals surface area contributed by atoms with E-state index in [1.807, 2.05) is 36.2 Å². The van der Waals surface area contributed by atoms with Crippen LogP contribution in [-0.2, 0) is 0 Å². The van der Waals surface area contributed by atoms with Crippen LogP contribution in [0.5, 0.6) is 0 Å². The molecule has 3 nitrogen and oxygen atoms in total. The molecule has 0 aliphatic rings. The molecule has 0 fully saturated rings. The first-order valence-electron chi connectivity index (χ1n) is 6.26. The fraction of sp³-hybridized carbons (Fsp3) is 0.267. The second-order valence-corrected chi connectivity index (χ2v) is 4.72. The van der Waals surface area contributed by atoms with Gasteiger partial charge in [0.1, 0.15) is 0 Å². The first kappa shape index (κ1) is 13.8. The maximum atomic E-state index is 8.94. The number of rotatable bonds is 5. The molecule has 0 amide bonds. The summed E-state index contributed by atoms with van der Waals surface area (Å²) in [7, 11) is 1.96. The van der Waals surface area contributed by atoms with Crippen molar-refractivity contribution in [1.29, 1.82) is 0 Å². The van der Waals surface area contributed by atoms with E-state index in [0.717, 1.165) is 23.4 Å². The molecule has 0 radical (unpaired) electrons. The molecule has 1 aromatic heterocycles. The van der Waals surface area contributed by atoms with Gasteiger partial charge in [0.05, 0.1) is 5.69 Å². The number of benzene rings is 1. The monoisotopic (exact) mass is 276 g/mol. The van der Waals surface area contributed by atoms with E-state index in [2.05, 4.69) is 17.1 Å². The summed E-state index contributed by atoms with van der Waals surface area (Å²) in [4.78, 5) is 6.19. The predicted octanol–water partition coefficient (Wildman–Crippen LogP) is 3.22. The fourth-order valence-corrected chi connectivity index (χ4v) is 2.36. The summed E-state index contributed by atoms with van der Waals surface area (Å²) in [6.45, 7) is 0.907. The van der Waals surface area contributed by atoms with Gasteiger partial charge >= 0.3 is 0 Å². The van der Waals surface area contributed by atoms with E-state index >= 15 is 0 Å². The summed E-state index contributed by atoms with van der Waals surface area (Å²) in [5.41, 5.74) is 3.07. The number of halogens is 1. The molecule has 1 aromatic carbocycles. The molecule has 0 aliphatic heterocycles. The van der Waals surface area contributed by atoms with Gasteiger partial charge in [-0.2, -0.15) is 0 Å². The van der Waals surface area contributed by atoms with Gasteiger partial charge in [-0.15, -0.1) is 0 Å². The Balaban J connectivity index is 2.42. The highest BCUT2D eigenvalue weighted by Crippen LogP contribution is 2.34. The fourth-order valence-electron chi connectivity index (χ4n) is 2.06. The molecule has 0 spiro atoms. The van der Waals surface area contributed by atoms with Gasteiger partial charge < -0.3 is 10.0 Å². The molecule has 0 bridgehead atoms. The van der Waals surface area contributed by atoms with Gasteiger partial charge in [-0.25, -0.2) is 4.98 Å². The Bertz CT molecular complexity index is 531. The topological polar surface area (TPSA) is 36.4 Å². The molecule has 0 atom stereocenters. The highest BCUT2D eigenvalue weighted by molar-refractivity contribution is 6.32. The Morgan fingerprint density at radius 2 is 1.95 bits per heavy atom. The molecular weight excluding hydrogens is 260 g/mol. The number of hydrogen-bond donors (Lipinski definition) is 1. The number of anilines is 1. The lowest BCUT2D eigenvalue weighted by Gasteiger charge is -2.23. The molecule has 1 heterocycles. The van der Waals surface area contributed by atoms with E-state index in [1.54, 1.807) is 6.20 Å². The third-order valence-electron chi connectivity index (χ3n) is 3.00. The molecule has 19 heavy (non-hydrogen) atoms. The quantitative estimate of drug-likeness (QED) is 0.852. The van der Waals surface area contributed by atoms with Crippen molar-refractivity contribution >= 4 is 17.3 Å². The van der Waals surface area contributed by atoms with Crippen LogP contribution in [0.4, 0.5) is 5.69 Å². The second kappa shape index (κ2) is 6.55. The van der Waals surface area contributed by atoms with Gasteiger partial charge in [-0.05, 0) is 18.1 Å². The van der Waals surface area contributed by atoms with Crippen LogP contribution in [-0.4, -0.2) is 30.3 Å². The average molecular weight is 277 g/mol. The highest BCUT2D eigenvalue weighted by atomic mass is 35.5. The van der Waals surface area contributed by atoms with Crippen molar-refractivity contribution in [3.8, 4) is 11.1 Å². The van der Waals surface area contributed by atoms with Gasteiger partial charge in [0.25, 0.3) is 0 Å². The summed E-state index contributed by atoms with van der Waals surface area (Å²) < 4.78 is 0. The minimum absolute atomic E-state index is 0.170. The molecule has 0 unspecified atom stereocenters. The minimum Gasteiger partial charge on any atom is -0.396 e. The van der Waals surface area contributed by atoms with Crippen LogP contribution >= 0.6 is 11.6 Å². The second-order valence-electron chi connectivity index (χ2n) is 4.36. The van der Waals surface area contributed by atoms with Crippen molar-refractivity contribution in [2.45, 2.75) is 6.42 Å². The van der Waals surface area contributed by atoms with Crippen molar-refractivity contribution in [2.75, 3.05) is 25.1 Å². The Hall–Kier alpha value is -1.58. The van der Waals surface area contributed by atoms with E-state index < -0.39 is 0 Å². The predicted molar refractivity (Wildman–Crippen MR) is 79.7 cm³/mol. The number of aromatic nitrogens is 1. The molecule has 100 valence electrons. The zero-order valence-corrected chi connectivity index (χ0v) is 11.6. The third kappa shape index (κ3) is 3.25. The van der Waals surface area contributed by atoms with Gasteiger partial charge in [0, 0.05) is 32.0 Å². The van der Waals surface area contributed by atoms with Crippen molar-refractivity contribution < 1.29 is 5.11 Å².